The summed E-state index contributed by atoms with van der Waals surface area (Å²) in [6, 6.07) is 21.1. The Balaban J connectivity index is 1.64. The topological polar surface area (TPSA) is 48.5 Å². The molecule has 3 aromatic carbocycles. The molecular formula is C24H21N5. The Labute approximate surface area is 169 Å². The Morgan fingerprint density at radius 1 is 0.759 bits per heavy atom. The zero-order valence-corrected chi connectivity index (χ0v) is 16.7. The van der Waals surface area contributed by atoms with Gasteiger partial charge in [-0.1, -0.05) is 30.3 Å². The normalized spacial score (nSPS) is 11.3. The molecule has 0 saturated heterocycles. The van der Waals surface area contributed by atoms with Crippen molar-refractivity contribution < 1.29 is 0 Å². The van der Waals surface area contributed by atoms with Gasteiger partial charge in [0.25, 0.3) is 0 Å². The lowest BCUT2D eigenvalue weighted by Gasteiger charge is -2.15. The highest BCUT2D eigenvalue weighted by molar-refractivity contribution is 5.81. The Morgan fingerprint density at radius 2 is 1.52 bits per heavy atom. The van der Waals surface area contributed by atoms with Gasteiger partial charge in [-0.15, -0.1) is 10.2 Å². The summed E-state index contributed by atoms with van der Waals surface area (Å²) < 4.78 is 4.10. The number of hydrogen-bond donors (Lipinski definition) is 0. The van der Waals surface area contributed by atoms with Crippen molar-refractivity contribution in [3.63, 3.8) is 0 Å². The first kappa shape index (κ1) is 17.4. The van der Waals surface area contributed by atoms with Gasteiger partial charge in [-0.3, -0.25) is 4.57 Å². The molecule has 5 heteroatoms. The molecule has 0 aliphatic rings. The summed E-state index contributed by atoms with van der Waals surface area (Å²) in [5.41, 5.74) is 9.00. The minimum atomic E-state index is 0.826. The maximum atomic E-state index is 4.43. The van der Waals surface area contributed by atoms with Crippen molar-refractivity contribution in [1.29, 1.82) is 0 Å². The average molecular weight is 379 g/mol. The molecule has 0 N–H and O–H groups in total. The molecular weight excluding hydrogens is 358 g/mol. The molecule has 0 radical (unpaired) electrons. The standard InChI is InChI=1S/C24H21N5/c1-16-11-20(18-7-5-4-6-8-18)12-17(2)23(16)29-15-26-27-24(29)19-9-10-21-22(13-19)28(3)14-25-21/h4-15H,1-3H3. The second-order valence-electron chi connectivity index (χ2n) is 7.41. The van der Waals surface area contributed by atoms with Crippen molar-refractivity contribution in [3.8, 4) is 28.2 Å². The number of hydrogen-bond acceptors (Lipinski definition) is 3. The molecule has 5 aromatic rings. The van der Waals surface area contributed by atoms with E-state index in [1.807, 2.05) is 30.1 Å². The van der Waals surface area contributed by atoms with E-state index >= 15 is 0 Å². The van der Waals surface area contributed by atoms with Crippen molar-refractivity contribution in [3.05, 3.63) is 84.4 Å². The van der Waals surface area contributed by atoms with Crippen LogP contribution in [-0.2, 0) is 7.05 Å². The van der Waals surface area contributed by atoms with Crippen LogP contribution >= 0.6 is 0 Å². The van der Waals surface area contributed by atoms with Gasteiger partial charge in [0.2, 0.25) is 0 Å². The predicted octanol–water partition coefficient (Wildman–Crippen LogP) is 5.10. The first-order valence-electron chi connectivity index (χ1n) is 9.60. The summed E-state index contributed by atoms with van der Waals surface area (Å²) in [5.74, 6) is 0.826. The van der Waals surface area contributed by atoms with Gasteiger partial charge < -0.3 is 4.57 Å². The fraction of sp³-hybridized carbons (Fsp3) is 0.125. The highest BCUT2D eigenvalue weighted by atomic mass is 15.3. The van der Waals surface area contributed by atoms with E-state index in [9.17, 15) is 0 Å². The SMILES string of the molecule is Cc1cc(-c2ccccc2)cc(C)c1-n1cnnc1-c1ccc2ncn(C)c2c1. The third-order valence-corrected chi connectivity index (χ3v) is 5.37. The fourth-order valence-corrected chi connectivity index (χ4v) is 3.99. The molecule has 0 aliphatic carbocycles. The van der Waals surface area contributed by atoms with Crippen LogP contribution in [0.2, 0.25) is 0 Å². The van der Waals surface area contributed by atoms with E-state index in [2.05, 4.69) is 82.1 Å². The number of fused-ring (bicyclic) bond motifs is 1. The van der Waals surface area contributed by atoms with E-state index in [1.54, 1.807) is 6.33 Å². The number of imidazole rings is 1. The van der Waals surface area contributed by atoms with Gasteiger partial charge in [-0.05, 0) is 66.4 Å². The molecule has 0 aliphatic heterocycles. The van der Waals surface area contributed by atoms with Crippen LogP contribution in [0.25, 0.3) is 39.2 Å². The summed E-state index contributed by atoms with van der Waals surface area (Å²) in [5, 5.41) is 8.65. The zero-order valence-electron chi connectivity index (χ0n) is 16.7. The third-order valence-electron chi connectivity index (χ3n) is 5.37. The Morgan fingerprint density at radius 3 is 2.28 bits per heavy atom. The van der Waals surface area contributed by atoms with E-state index in [-0.39, 0.29) is 0 Å². The number of benzene rings is 3. The minimum absolute atomic E-state index is 0.826. The first-order valence-corrected chi connectivity index (χ1v) is 9.60. The van der Waals surface area contributed by atoms with E-state index < -0.39 is 0 Å². The molecule has 29 heavy (non-hydrogen) atoms. The van der Waals surface area contributed by atoms with Gasteiger partial charge in [0.15, 0.2) is 5.82 Å². The van der Waals surface area contributed by atoms with E-state index in [0.29, 0.717) is 0 Å². The Bertz CT molecular complexity index is 1310. The Hall–Kier alpha value is -3.73. The second kappa shape index (κ2) is 6.71. The molecule has 142 valence electrons. The van der Waals surface area contributed by atoms with Crippen molar-refractivity contribution in [2.24, 2.45) is 7.05 Å². The van der Waals surface area contributed by atoms with E-state index in [0.717, 1.165) is 28.1 Å². The zero-order chi connectivity index (χ0) is 20.0. The molecule has 0 fully saturated rings. The van der Waals surface area contributed by atoms with Gasteiger partial charge in [0, 0.05) is 12.6 Å². The van der Waals surface area contributed by atoms with Gasteiger partial charge in [-0.25, -0.2) is 4.98 Å². The minimum Gasteiger partial charge on any atom is -0.334 e. The summed E-state index contributed by atoms with van der Waals surface area (Å²) in [7, 11) is 2.00. The predicted molar refractivity (Wildman–Crippen MR) is 116 cm³/mol. The number of nitrogens with zero attached hydrogens (tertiary/aromatic N) is 5. The van der Waals surface area contributed by atoms with E-state index in [4.69, 9.17) is 0 Å². The maximum absolute atomic E-state index is 4.43. The maximum Gasteiger partial charge on any atom is 0.168 e. The highest BCUT2D eigenvalue weighted by Crippen LogP contribution is 2.31. The van der Waals surface area contributed by atoms with Crippen LogP contribution in [0.4, 0.5) is 0 Å². The lowest BCUT2D eigenvalue weighted by Crippen LogP contribution is -2.02. The smallest absolute Gasteiger partial charge is 0.168 e. The summed E-state index contributed by atoms with van der Waals surface area (Å²) in [6.45, 7) is 4.28. The van der Waals surface area contributed by atoms with Crippen LogP contribution in [0.5, 0.6) is 0 Å². The molecule has 0 saturated carbocycles. The average Bonchev–Trinajstić information content (AvgIpc) is 3.35. The number of aryl methyl sites for hydroxylation is 3. The fourth-order valence-electron chi connectivity index (χ4n) is 3.99. The van der Waals surface area contributed by atoms with Crippen LogP contribution in [-0.4, -0.2) is 24.3 Å². The summed E-state index contributed by atoms with van der Waals surface area (Å²) >= 11 is 0. The van der Waals surface area contributed by atoms with Crippen LogP contribution in [0.1, 0.15) is 11.1 Å². The number of rotatable bonds is 3. The second-order valence-corrected chi connectivity index (χ2v) is 7.41. The molecule has 5 nitrogen and oxygen atoms in total. The summed E-state index contributed by atoms with van der Waals surface area (Å²) in [6.07, 6.45) is 3.62. The molecule has 5 rings (SSSR count). The first-order chi connectivity index (χ1) is 14.1. The van der Waals surface area contributed by atoms with Crippen molar-refractivity contribution in [2.75, 3.05) is 0 Å². The lowest BCUT2D eigenvalue weighted by atomic mass is 9.98. The monoisotopic (exact) mass is 379 g/mol. The van der Waals surface area contributed by atoms with Gasteiger partial charge in [0.1, 0.15) is 6.33 Å². The molecule has 0 bridgehead atoms. The van der Waals surface area contributed by atoms with Crippen LogP contribution in [0.15, 0.2) is 73.3 Å². The van der Waals surface area contributed by atoms with Crippen molar-refractivity contribution in [1.82, 2.24) is 24.3 Å². The molecule has 0 amide bonds. The van der Waals surface area contributed by atoms with Gasteiger partial charge in [0.05, 0.1) is 23.0 Å². The molecule has 0 atom stereocenters. The quantitative estimate of drug-likeness (QED) is 0.438. The van der Waals surface area contributed by atoms with E-state index in [1.165, 1.54) is 22.3 Å². The molecule has 0 unspecified atom stereocenters. The van der Waals surface area contributed by atoms with Gasteiger partial charge in [-0.2, -0.15) is 0 Å². The summed E-state index contributed by atoms with van der Waals surface area (Å²) in [4.78, 5) is 4.41. The highest BCUT2D eigenvalue weighted by Gasteiger charge is 2.15. The van der Waals surface area contributed by atoms with Crippen molar-refractivity contribution >= 4 is 11.0 Å². The lowest BCUT2D eigenvalue weighted by molar-refractivity contribution is 0.947. The van der Waals surface area contributed by atoms with Crippen molar-refractivity contribution in [2.45, 2.75) is 13.8 Å². The number of aromatic nitrogens is 5. The molecule has 0 spiro atoms. The molecule has 2 heterocycles. The van der Waals surface area contributed by atoms with Crippen LogP contribution in [0, 0.1) is 13.8 Å². The third kappa shape index (κ3) is 2.91. The molecule has 2 aromatic heterocycles. The van der Waals surface area contributed by atoms with Gasteiger partial charge >= 0.3 is 0 Å². The van der Waals surface area contributed by atoms with Crippen LogP contribution < -0.4 is 0 Å². The van der Waals surface area contributed by atoms with Crippen LogP contribution in [0.3, 0.4) is 0 Å². The largest absolute Gasteiger partial charge is 0.334 e. The Kier molecular flexibility index (Phi) is 4.02.